The quantitative estimate of drug-likeness (QED) is 0.742. The first-order valence-corrected chi connectivity index (χ1v) is 7.91. The Kier molecular flexibility index (Phi) is 7.51. The van der Waals surface area contributed by atoms with Gasteiger partial charge in [0.1, 0.15) is 0 Å². The Bertz CT molecular complexity index is 575. The van der Waals surface area contributed by atoms with Gasteiger partial charge in [0.25, 0.3) is 0 Å². The van der Waals surface area contributed by atoms with Gasteiger partial charge < -0.3 is 25.4 Å². The van der Waals surface area contributed by atoms with Gasteiger partial charge in [-0.05, 0) is 25.0 Å². The summed E-state index contributed by atoms with van der Waals surface area (Å²) in [6.45, 7) is 5.92. The van der Waals surface area contributed by atoms with Crippen LogP contribution in [0.2, 0.25) is 0 Å². The van der Waals surface area contributed by atoms with Gasteiger partial charge in [0.2, 0.25) is 11.8 Å². The first-order chi connectivity index (χ1) is 11.3. The van der Waals surface area contributed by atoms with E-state index in [0.717, 1.165) is 0 Å². The first-order valence-electron chi connectivity index (χ1n) is 7.91. The molecule has 7 heteroatoms. The zero-order chi connectivity index (χ0) is 18.3. The number of benzene rings is 1. The largest absolute Gasteiger partial charge is 0.493 e. The molecule has 24 heavy (non-hydrogen) atoms. The van der Waals surface area contributed by atoms with Crippen LogP contribution in [0.15, 0.2) is 18.2 Å². The van der Waals surface area contributed by atoms with Crippen LogP contribution in [0, 0.1) is 5.92 Å². The minimum absolute atomic E-state index is 0.00762. The molecule has 7 nitrogen and oxygen atoms in total. The Hall–Kier alpha value is -2.28. The monoisotopic (exact) mass is 337 g/mol. The lowest BCUT2D eigenvalue weighted by Crippen LogP contribution is -2.48. The molecule has 0 aliphatic rings. The van der Waals surface area contributed by atoms with E-state index in [2.05, 4.69) is 5.32 Å². The van der Waals surface area contributed by atoms with Crippen LogP contribution >= 0.6 is 0 Å². The molecule has 0 aliphatic heterocycles. The van der Waals surface area contributed by atoms with Crippen molar-refractivity contribution in [1.29, 1.82) is 0 Å². The van der Waals surface area contributed by atoms with E-state index in [1.807, 2.05) is 20.8 Å². The van der Waals surface area contributed by atoms with Gasteiger partial charge in [-0.1, -0.05) is 13.8 Å². The van der Waals surface area contributed by atoms with Crippen molar-refractivity contribution in [3.63, 3.8) is 0 Å². The molecule has 0 fully saturated rings. The molecule has 0 saturated carbocycles. The van der Waals surface area contributed by atoms with E-state index < -0.39 is 6.04 Å². The third-order valence-corrected chi connectivity index (χ3v) is 3.73. The lowest BCUT2D eigenvalue weighted by atomic mass is 10.1. The molecule has 0 aliphatic carbocycles. The topological polar surface area (TPSA) is 93.9 Å². The third-order valence-electron chi connectivity index (χ3n) is 3.73. The number of amides is 2. The summed E-state index contributed by atoms with van der Waals surface area (Å²) in [6.07, 6.45) is 0. The number of likely N-dealkylation sites (N-methyl/N-ethyl adjacent to an activating group) is 1. The Labute approximate surface area is 143 Å². The molecule has 0 saturated heterocycles. The van der Waals surface area contributed by atoms with Crippen LogP contribution in [0.1, 0.15) is 20.8 Å². The second-order valence-corrected chi connectivity index (χ2v) is 5.66. The number of nitrogens with one attached hydrogen (secondary N) is 1. The van der Waals surface area contributed by atoms with E-state index in [-0.39, 0.29) is 24.3 Å². The van der Waals surface area contributed by atoms with E-state index in [4.69, 9.17) is 15.2 Å². The number of hydrogen-bond donors (Lipinski definition) is 2. The van der Waals surface area contributed by atoms with Gasteiger partial charge >= 0.3 is 0 Å². The van der Waals surface area contributed by atoms with Crippen molar-refractivity contribution < 1.29 is 19.1 Å². The summed E-state index contributed by atoms with van der Waals surface area (Å²) >= 11 is 0. The second kappa shape index (κ2) is 9.12. The second-order valence-electron chi connectivity index (χ2n) is 5.66. The maximum absolute atomic E-state index is 12.4. The van der Waals surface area contributed by atoms with E-state index in [1.54, 1.807) is 30.2 Å². The number of rotatable bonds is 8. The molecule has 1 rings (SSSR count). The summed E-state index contributed by atoms with van der Waals surface area (Å²) in [6, 6.07) is 4.60. The minimum Gasteiger partial charge on any atom is -0.493 e. The number of methoxy groups -OCH3 is 2. The van der Waals surface area contributed by atoms with Gasteiger partial charge in [0.05, 0.1) is 26.8 Å². The van der Waals surface area contributed by atoms with Crippen LogP contribution in [0.5, 0.6) is 11.5 Å². The average Bonchev–Trinajstić information content (AvgIpc) is 2.59. The van der Waals surface area contributed by atoms with E-state index >= 15 is 0 Å². The smallest absolute Gasteiger partial charge is 0.246 e. The molecule has 0 radical (unpaired) electrons. The molecule has 1 aromatic rings. The molecule has 1 aromatic carbocycles. The van der Waals surface area contributed by atoms with Gasteiger partial charge in [-0.3, -0.25) is 9.59 Å². The number of nitrogens with zero attached hydrogens (tertiary/aromatic N) is 1. The lowest BCUT2D eigenvalue weighted by Gasteiger charge is -2.23. The van der Waals surface area contributed by atoms with Gasteiger partial charge in [-0.15, -0.1) is 0 Å². The number of hydrogen-bond acceptors (Lipinski definition) is 5. The van der Waals surface area contributed by atoms with Crippen LogP contribution in [0.3, 0.4) is 0 Å². The highest BCUT2D eigenvalue weighted by molar-refractivity contribution is 5.97. The Morgan fingerprint density at radius 2 is 1.83 bits per heavy atom. The number of carbonyl (C=O) groups is 2. The van der Waals surface area contributed by atoms with Crippen molar-refractivity contribution in [3.05, 3.63) is 18.2 Å². The highest BCUT2D eigenvalue weighted by Gasteiger charge is 2.20. The average molecular weight is 337 g/mol. The van der Waals surface area contributed by atoms with Gasteiger partial charge in [-0.2, -0.15) is 0 Å². The summed E-state index contributed by atoms with van der Waals surface area (Å²) in [5, 5.41) is 2.59. The molecule has 0 aromatic heterocycles. The maximum atomic E-state index is 12.4. The molecule has 0 unspecified atom stereocenters. The number of carbonyl (C=O) groups excluding carboxylic acids is 2. The van der Waals surface area contributed by atoms with E-state index in [9.17, 15) is 9.59 Å². The van der Waals surface area contributed by atoms with Gasteiger partial charge in [0.15, 0.2) is 11.5 Å². The van der Waals surface area contributed by atoms with Gasteiger partial charge in [-0.25, -0.2) is 0 Å². The van der Waals surface area contributed by atoms with Crippen molar-refractivity contribution in [2.45, 2.75) is 26.8 Å². The van der Waals surface area contributed by atoms with Crippen molar-refractivity contribution in [3.8, 4) is 11.5 Å². The summed E-state index contributed by atoms with van der Waals surface area (Å²) in [5.74, 6) is 0.567. The third kappa shape index (κ3) is 4.86. The SMILES string of the molecule is CCN(C(=O)CNC(=O)[C@@H](N)C(C)C)c1ccc(OC)c(OC)c1. The van der Waals surface area contributed by atoms with Crippen molar-refractivity contribution in [1.82, 2.24) is 5.32 Å². The molecule has 1 atom stereocenters. The number of anilines is 1. The Morgan fingerprint density at radius 1 is 1.21 bits per heavy atom. The molecular weight excluding hydrogens is 310 g/mol. The molecule has 3 N–H and O–H groups in total. The number of ether oxygens (including phenoxy) is 2. The standard InChI is InChI=1S/C17H27N3O4/c1-6-20(12-7-8-13(23-4)14(9-12)24-5)15(21)10-19-17(22)16(18)11(2)3/h7-9,11,16H,6,10,18H2,1-5H3,(H,19,22)/t16-/m0/s1. The van der Waals surface area contributed by atoms with Crippen molar-refractivity contribution in [2.75, 3.05) is 32.2 Å². The summed E-state index contributed by atoms with van der Waals surface area (Å²) in [7, 11) is 3.08. The fourth-order valence-electron chi connectivity index (χ4n) is 2.17. The van der Waals surface area contributed by atoms with E-state index in [1.165, 1.54) is 7.11 Å². The van der Waals surface area contributed by atoms with Crippen LogP contribution in [0.25, 0.3) is 0 Å². The maximum Gasteiger partial charge on any atom is 0.246 e. The van der Waals surface area contributed by atoms with Crippen LogP contribution in [-0.2, 0) is 9.59 Å². The molecule has 0 heterocycles. The minimum atomic E-state index is -0.631. The van der Waals surface area contributed by atoms with Crippen LogP contribution in [-0.4, -0.2) is 45.2 Å². The molecule has 0 spiro atoms. The lowest BCUT2D eigenvalue weighted by molar-refractivity contribution is -0.126. The van der Waals surface area contributed by atoms with Crippen LogP contribution in [0.4, 0.5) is 5.69 Å². The summed E-state index contributed by atoms with van der Waals surface area (Å²) in [4.78, 5) is 25.9. The fourth-order valence-corrected chi connectivity index (χ4v) is 2.17. The van der Waals surface area contributed by atoms with E-state index in [0.29, 0.717) is 23.7 Å². The van der Waals surface area contributed by atoms with Gasteiger partial charge in [0, 0.05) is 18.3 Å². The molecule has 134 valence electrons. The predicted octanol–water partition coefficient (Wildman–Crippen LogP) is 1.16. The molecule has 2 amide bonds. The molecular formula is C17H27N3O4. The van der Waals surface area contributed by atoms with Crippen LogP contribution < -0.4 is 25.4 Å². The predicted molar refractivity (Wildman–Crippen MR) is 93.4 cm³/mol. The Balaban J connectivity index is 2.82. The zero-order valence-electron chi connectivity index (χ0n) is 15.0. The highest BCUT2D eigenvalue weighted by Crippen LogP contribution is 2.31. The zero-order valence-corrected chi connectivity index (χ0v) is 15.0. The number of nitrogens with two attached hydrogens (primary N) is 1. The van der Waals surface area contributed by atoms with Crippen molar-refractivity contribution >= 4 is 17.5 Å². The molecule has 0 bridgehead atoms. The normalized spacial score (nSPS) is 11.8. The first kappa shape index (κ1) is 19.8. The van der Waals surface area contributed by atoms with Crippen molar-refractivity contribution in [2.24, 2.45) is 11.7 Å². The fraction of sp³-hybridized carbons (Fsp3) is 0.529. The summed E-state index contributed by atoms with van der Waals surface area (Å²) < 4.78 is 10.5. The Morgan fingerprint density at radius 3 is 2.33 bits per heavy atom. The highest BCUT2D eigenvalue weighted by atomic mass is 16.5. The summed E-state index contributed by atoms with van der Waals surface area (Å²) in [5.41, 5.74) is 6.44.